The van der Waals surface area contributed by atoms with Crippen LogP contribution < -0.4 is 0 Å². The number of aromatic nitrogens is 1. The molecular formula is C15H20N2O3. The number of fused-ring (bicyclic) bond motifs is 1. The molecule has 0 saturated heterocycles. The maximum absolute atomic E-state index is 11.2. The van der Waals surface area contributed by atoms with Gasteiger partial charge in [-0.15, -0.1) is 0 Å². The predicted octanol–water partition coefficient (Wildman–Crippen LogP) is 2.46. The number of phenolic OH excluding ortho intramolecular Hbond substituents is 1. The van der Waals surface area contributed by atoms with E-state index in [9.17, 15) is 9.90 Å². The molecule has 2 rings (SSSR count). The van der Waals surface area contributed by atoms with Crippen LogP contribution in [-0.2, 0) is 6.42 Å². The smallest absolute Gasteiger partial charge is 0.337 e. The highest BCUT2D eigenvalue weighted by molar-refractivity contribution is 6.05. The van der Waals surface area contributed by atoms with E-state index >= 15 is 0 Å². The van der Waals surface area contributed by atoms with Gasteiger partial charge in [-0.1, -0.05) is 13.8 Å². The number of phenols is 1. The lowest BCUT2D eigenvalue weighted by molar-refractivity contribution is 0.0699. The average Bonchev–Trinajstić information content (AvgIpc) is 2.85. The number of likely N-dealkylation sites (N-methyl/N-ethyl adjacent to an activating group) is 1. The summed E-state index contributed by atoms with van der Waals surface area (Å²) in [5, 5.41) is 19.8. The van der Waals surface area contributed by atoms with E-state index in [-0.39, 0.29) is 11.3 Å². The Labute approximate surface area is 117 Å². The molecule has 0 aliphatic rings. The van der Waals surface area contributed by atoms with Gasteiger partial charge in [-0.25, -0.2) is 4.79 Å². The van der Waals surface area contributed by atoms with Gasteiger partial charge in [-0.3, -0.25) is 0 Å². The molecule has 1 heterocycles. The Bertz CT molecular complexity index is 615. The summed E-state index contributed by atoms with van der Waals surface area (Å²) < 4.78 is 0. The van der Waals surface area contributed by atoms with Crippen molar-refractivity contribution >= 4 is 16.9 Å². The van der Waals surface area contributed by atoms with Crippen LogP contribution in [0.4, 0.5) is 0 Å². The molecule has 0 saturated carbocycles. The van der Waals surface area contributed by atoms with E-state index in [1.165, 1.54) is 12.1 Å². The highest BCUT2D eigenvalue weighted by Gasteiger charge is 2.16. The Balaban J connectivity index is 2.36. The maximum Gasteiger partial charge on any atom is 0.337 e. The Kier molecular flexibility index (Phi) is 4.29. The van der Waals surface area contributed by atoms with E-state index in [1.54, 1.807) is 6.20 Å². The first kappa shape index (κ1) is 14.4. The minimum absolute atomic E-state index is 0.126. The summed E-state index contributed by atoms with van der Waals surface area (Å²) >= 11 is 0. The fourth-order valence-electron chi connectivity index (χ4n) is 2.49. The van der Waals surface area contributed by atoms with Gasteiger partial charge >= 0.3 is 5.97 Å². The fourth-order valence-corrected chi connectivity index (χ4v) is 2.49. The first-order valence-electron chi connectivity index (χ1n) is 6.86. The Hall–Kier alpha value is -2.01. The summed E-state index contributed by atoms with van der Waals surface area (Å²) in [6, 6.07) is 2.87. The number of aromatic carboxylic acids is 1. The van der Waals surface area contributed by atoms with Crippen molar-refractivity contribution in [3.8, 4) is 5.75 Å². The minimum atomic E-state index is -0.993. The van der Waals surface area contributed by atoms with Crippen LogP contribution in [0.5, 0.6) is 5.75 Å². The van der Waals surface area contributed by atoms with Gasteiger partial charge in [-0.05, 0) is 37.2 Å². The van der Waals surface area contributed by atoms with E-state index < -0.39 is 5.97 Å². The van der Waals surface area contributed by atoms with Crippen LogP contribution in [-0.4, -0.2) is 45.7 Å². The summed E-state index contributed by atoms with van der Waals surface area (Å²) in [6.07, 6.45) is 2.57. The number of rotatable bonds is 6. The maximum atomic E-state index is 11.2. The summed E-state index contributed by atoms with van der Waals surface area (Å²) in [5.41, 5.74) is 1.63. The minimum Gasteiger partial charge on any atom is -0.507 e. The SMILES string of the molecule is CCN(CC)CCc1c[nH]c2c(C(=O)O)ccc(O)c12. The van der Waals surface area contributed by atoms with Crippen molar-refractivity contribution < 1.29 is 15.0 Å². The van der Waals surface area contributed by atoms with Gasteiger partial charge in [0.25, 0.3) is 0 Å². The molecule has 5 heteroatoms. The van der Waals surface area contributed by atoms with Gasteiger partial charge in [0.2, 0.25) is 0 Å². The van der Waals surface area contributed by atoms with Crippen molar-refractivity contribution in [2.75, 3.05) is 19.6 Å². The van der Waals surface area contributed by atoms with Crippen LogP contribution in [0.25, 0.3) is 10.9 Å². The molecule has 5 nitrogen and oxygen atoms in total. The number of hydrogen-bond donors (Lipinski definition) is 3. The second-order valence-corrected chi connectivity index (χ2v) is 4.78. The van der Waals surface area contributed by atoms with Gasteiger partial charge < -0.3 is 20.1 Å². The lowest BCUT2D eigenvalue weighted by Crippen LogP contribution is -2.25. The summed E-state index contributed by atoms with van der Waals surface area (Å²) in [4.78, 5) is 16.5. The van der Waals surface area contributed by atoms with E-state index in [1.807, 2.05) is 0 Å². The molecule has 0 fully saturated rings. The van der Waals surface area contributed by atoms with Gasteiger partial charge in [0.1, 0.15) is 5.75 Å². The van der Waals surface area contributed by atoms with Crippen LogP contribution in [0.3, 0.4) is 0 Å². The van der Waals surface area contributed by atoms with Crippen molar-refractivity contribution in [3.05, 3.63) is 29.5 Å². The third-order valence-electron chi connectivity index (χ3n) is 3.72. The van der Waals surface area contributed by atoms with Crippen LogP contribution in [0.15, 0.2) is 18.3 Å². The molecule has 0 unspecified atom stereocenters. The Morgan fingerprint density at radius 2 is 2.00 bits per heavy atom. The summed E-state index contributed by atoms with van der Waals surface area (Å²) in [6.45, 7) is 7.06. The molecule has 0 aliphatic heterocycles. The molecule has 0 bridgehead atoms. The van der Waals surface area contributed by atoms with E-state index in [2.05, 4.69) is 23.7 Å². The molecule has 1 aromatic carbocycles. The lowest BCUT2D eigenvalue weighted by atomic mass is 10.1. The fraction of sp³-hybridized carbons (Fsp3) is 0.400. The molecule has 0 amide bonds. The molecule has 0 atom stereocenters. The van der Waals surface area contributed by atoms with E-state index in [4.69, 9.17) is 5.11 Å². The van der Waals surface area contributed by atoms with Gasteiger partial charge in [-0.2, -0.15) is 0 Å². The average molecular weight is 276 g/mol. The number of carbonyl (C=O) groups is 1. The zero-order valence-electron chi connectivity index (χ0n) is 11.8. The molecule has 0 spiro atoms. The second-order valence-electron chi connectivity index (χ2n) is 4.78. The summed E-state index contributed by atoms with van der Waals surface area (Å²) in [7, 11) is 0. The van der Waals surface area contributed by atoms with Crippen LogP contribution >= 0.6 is 0 Å². The van der Waals surface area contributed by atoms with Gasteiger partial charge in [0, 0.05) is 18.1 Å². The highest BCUT2D eigenvalue weighted by Crippen LogP contribution is 2.30. The van der Waals surface area contributed by atoms with Crippen molar-refractivity contribution in [2.24, 2.45) is 0 Å². The molecule has 1 aromatic heterocycles. The van der Waals surface area contributed by atoms with Crippen LogP contribution in [0, 0.1) is 0 Å². The molecule has 3 N–H and O–H groups in total. The van der Waals surface area contributed by atoms with Gasteiger partial charge in [0.05, 0.1) is 11.1 Å². The van der Waals surface area contributed by atoms with Crippen molar-refractivity contribution in [1.82, 2.24) is 9.88 Å². The topological polar surface area (TPSA) is 76.6 Å². The van der Waals surface area contributed by atoms with Crippen molar-refractivity contribution in [3.63, 3.8) is 0 Å². The van der Waals surface area contributed by atoms with Crippen LogP contribution in [0.1, 0.15) is 29.8 Å². The number of nitrogens with zero attached hydrogens (tertiary/aromatic N) is 1. The first-order valence-corrected chi connectivity index (χ1v) is 6.86. The number of H-pyrrole nitrogens is 1. The largest absolute Gasteiger partial charge is 0.507 e. The number of nitrogens with one attached hydrogen (secondary N) is 1. The molecule has 0 radical (unpaired) electrons. The molecule has 20 heavy (non-hydrogen) atoms. The van der Waals surface area contributed by atoms with E-state index in [0.717, 1.165) is 31.6 Å². The third-order valence-corrected chi connectivity index (χ3v) is 3.72. The Morgan fingerprint density at radius 3 is 2.60 bits per heavy atom. The quantitative estimate of drug-likeness (QED) is 0.757. The number of aromatic hydroxyl groups is 1. The van der Waals surface area contributed by atoms with Crippen molar-refractivity contribution in [1.29, 1.82) is 0 Å². The number of hydrogen-bond acceptors (Lipinski definition) is 3. The Morgan fingerprint density at radius 1 is 1.30 bits per heavy atom. The third kappa shape index (κ3) is 2.63. The number of aromatic amines is 1. The predicted molar refractivity (Wildman–Crippen MR) is 78.4 cm³/mol. The number of carboxylic acids is 1. The molecule has 2 aromatic rings. The second kappa shape index (κ2) is 5.96. The molecule has 0 aliphatic carbocycles. The van der Waals surface area contributed by atoms with Crippen molar-refractivity contribution in [2.45, 2.75) is 20.3 Å². The number of benzene rings is 1. The standard InChI is InChI=1S/C15H20N2O3/c1-3-17(4-2)8-7-10-9-16-14-11(15(19)20)5-6-12(18)13(10)14/h5-6,9,16,18H,3-4,7-8H2,1-2H3,(H,19,20). The highest BCUT2D eigenvalue weighted by atomic mass is 16.4. The summed E-state index contributed by atoms with van der Waals surface area (Å²) in [5.74, 6) is -0.868. The monoisotopic (exact) mass is 276 g/mol. The zero-order valence-corrected chi connectivity index (χ0v) is 11.8. The molecule has 108 valence electrons. The molecular weight excluding hydrogens is 256 g/mol. The number of carboxylic acid groups (broad SMARTS) is 1. The van der Waals surface area contributed by atoms with Crippen LogP contribution in [0.2, 0.25) is 0 Å². The van der Waals surface area contributed by atoms with Gasteiger partial charge in [0.15, 0.2) is 0 Å². The lowest BCUT2D eigenvalue weighted by Gasteiger charge is -2.17. The zero-order chi connectivity index (χ0) is 14.7. The first-order chi connectivity index (χ1) is 9.58. The normalized spacial score (nSPS) is 11.3. The van der Waals surface area contributed by atoms with E-state index in [0.29, 0.717) is 10.9 Å².